The lowest BCUT2D eigenvalue weighted by atomic mass is 9.99. The van der Waals surface area contributed by atoms with Crippen molar-refractivity contribution in [2.45, 2.75) is 32.6 Å². The Morgan fingerprint density at radius 2 is 2.00 bits per heavy atom. The second-order valence-corrected chi connectivity index (χ2v) is 5.69. The highest BCUT2D eigenvalue weighted by atomic mass is 16.5. The molecular formula is C14H24N2O3. The van der Waals surface area contributed by atoms with Gasteiger partial charge >= 0.3 is 0 Å². The van der Waals surface area contributed by atoms with Gasteiger partial charge in [-0.25, -0.2) is 0 Å². The fraction of sp³-hybridized carbons (Fsp3) is 0.857. The molecule has 0 radical (unpaired) electrons. The number of hydrogen-bond donors (Lipinski definition) is 1. The van der Waals surface area contributed by atoms with Crippen molar-refractivity contribution in [2.75, 3.05) is 32.8 Å². The van der Waals surface area contributed by atoms with Gasteiger partial charge in [0.1, 0.15) is 0 Å². The number of nitrogens with one attached hydrogen (secondary N) is 1. The number of hydrogen-bond acceptors (Lipinski definition) is 3. The van der Waals surface area contributed by atoms with E-state index in [0.717, 1.165) is 32.4 Å². The molecule has 0 bridgehead atoms. The van der Waals surface area contributed by atoms with E-state index in [2.05, 4.69) is 12.2 Å². The maximum absolute atomic E-state index is 12.0. The summed E-state index contributed by atoms with van der Waals surface area (Å²) < 4.78 is 5.23. The molecule has 2 rings (SSSR count). The third kappa shape index (κ3) is 4.20. The van der Waals surface area contributed by atoms with E-state index in [1.54, 1.807) is 0 Å². The lowest BCUT2D eigenvalue weighted by Gasteiger charge is -2.31. The van der Waals surface area contributed by atoms with Gasteiger partial charge in [0.05, 0.1) is 6.54 Å². The smallest absolute Gasteiger partial charge is 0.241 e. The normalized spacial score (nSPS) is 25.1. The molecule has 5 heteroatoms. The average Bonchev–Trinajstić information content (AvgIpc) is 2.45. The molecule has 0 aromatic rings. The number of carbonyl (C=O) groups excluding carboxylic acids is 2. The SMILES string of the molecule is CC1CCCN(C(=O)CNC(=O)C2CCOCC2)C1. The molecule has 0 aromatic carbocycles. The average molecular weight is 268 g/mol. The Hall–Kier alpha value is -1.10. The van der Waals surface area contributed by atoms with Crippen LogP contribution < -0.4 is 5.32 Å². The third-order valence-electron chi connectivity index (χ3n) is 4.02. The van der Waals surface area contributed by atoms with Crippen LogP contribution in [0.2, 0.25) is 0 Å². The van der Waals surface area contributed by atoms with Gasteiger partial charge in [0.15, 0.2) is 0 Å². The molecule has 0 saturated carbocycles. The predicted octanol–water partition coefficient (Wildman–Crippen LogP) is 0.788. The molecule has 0 aliphatic carbocycles. The minimum absolute atomic E-state index is 0.00158. The Kier molecular flexibility index (Phi) is 5.19. The molecule has 0 spiro atoms. The first kappa shape index (κ1) is 14.3. The number of amides is 2. The van der Waals surface area contributed by atoms with Crippen LogP contribution in [0.25, 0.3) is 0 Å². The van der Waals surface area contributed by atoms with Crippen LogP contribution in [0.15, 0.2) is 0 Å². The van der Waals surface area contributed by atoms with E-state index in [0.29, 0.717) is 19.1 Å². The summed E-state index contributed by atoms with van der Waals surface area (Å²) in [5.41, 5.74) is 0. The van der Waals surface area contributed by atoms with Crippen LogP contribution in [0.1, 0.15) is 32.6 Å². The zero-order chi connectivity index (χ0) is 13.7. The summed E-state index contributed by atoms with van der Waals surface area (Å²) in [7, 11) is 0. The molecule has 2 aliphatic rings. The van der Waals surface area contributed by atoms with E-state index in [1.165, 1.54) is 6.42 Å². The van der Waals surface area contributed by atoms with Crippen LogP contribution in [0, 0.1) is 11.8 Å². The van der Waals surface area contributed by atoms with E-state index in [1.807, 2.05) is 4.90 Å². The number of nitrogens with zero attached hydrogens (tertiary/aromatic N) is 1. The van der Waals surface area contributed by atoms with Crippen molar-refractivity contribution in [2.24, 2.45) is 11.8 Å². The first-order valence-electron chi connectivity index (χ1n) is 7.30. The van der Waals surface area contributed by atoms with Crippen LogP contribution in [0.3, 0.4) is 0 Å². The lowest BCUT2D eigenvalue weighted by Crippen LogP contribution is -2.46. The van der Waals surface area contributed by atoms with Gasteiger partial charge in [0.2, 0.25) is 11.8 Å². The third-order valence-corrected chi connectivity index (χ3v) is 4.02. The summed E-state index contributed by atoms with van der Waals surface area (Å²) in [4.78, 5) is 25.8. The van der Waals surface area contributed by atoms with Gasteiger partial charge in [-0.05, 0) is 31.6 Å². The molecule has 2 aliphatic heterocycles. The fourth-order valence-corrected chi connectivity index (χ4v) is 2.79. The van der Waals surface area contributed by atoms with Crippen molar-refractivity contribution < 1.29 is 14.3 Å². The maximum atomic E-state index is 12.0. The van der Waals surface area contributed by atoms with Crippen LogP contribution in [0.4, 0.5) is 0 Å². The zero-order valence-electron chi connectivity index (χ0n) is 11.7. The molecule has 2 saturated heterocycles. The molecule has 5 nitrogen and oxygen atoms in total. The van der Waals surface area contributed by atoms with Crippen molar-refractivity contribution in [1.29, 1.82) is 0 Å². The molecule has 1 N–H and O–H groups in total. The van der Waals surface area contributed by atoms with Gasteiger partial charge in [-0.15, -0.1) is 0 Å². The second kappa shape index (κ2) is 6.89. The summed E-state index contributed by atoms with van der Waals surface area (Å²) in [6.07, 6.45) is 3.79. The van der Waals surface area contributed by atoms with E-state index < -0.39 is 0 Å². The number of piperidine rings is 1. The molecule has 1 unspecified atom stereocenters. The van der Waals surface area contributed by atoms with E-state index >= 15 is 0 Å². The topological polar surface area (TPSA) is 58.6 Å². The summed E-state index contributed by atoms with van der Waals surface area (Å²) >= 11 is 0. The maximum Gasteiger partial charge on any atom is 0.241 e. The molecule has 1 atom stereocenters. The minimum Gasteiger partial charge on any atom is -0.381 e. The van der Waals surface area contributed by atoms with Gasteiger partial charge in [0, 0.05) is 32.2 Å². The van der Waals surface area contributed by atoms with Gasteiger partial charge < -0.3 is 15.0 Å². The van der Waals surface area contributed by atoms with Crippen molar-refractivity contribution in [3.63, 3.8) is 0 Å². The van der Waals surface area contributed by atoms with Gasteiger partial charge in [-0.2, -0.15) is 0 Å². The first-order valence-corrected chi connectivity index (χ1v) is 7.30. The Morgan fingerprint density at radius 1 is 1.26 bits per heavy atom. The number of likely N-dealkylation sites (tertiary alicyclic amines) is 1. The molecule has 2 heterocycles. The first-order chi connectivity index (χ1) is 9.16. The number of rotatable bonds is 3. The highest BCUT2D eigenvalue weighted by Crippen LogP contribution is 2.16. The standard InChI is InChI=1S/C14H24N2O3/c1-11-3-2-6-16(10-11)13(17)9-15-14(18)12-4-7-19-8-5-12/h11-12H,2-10H2,1H3,(H,15,18). The molecule has 2 amide bonds. The summed E-state index contributed by atoms with van der Waals surface area (Å²) in [6.45, 7) is 5.26. The van der Waals surface area contributed by atoms with E-state index in [9.17, 15) is 9.59 Å². The highest BCUT2D eigenvalue weighted by molar-refractivity contribution is 5.85. The van der Waals surface area contributed by atoms with Crippen molar-refractivity contribution in [1.82, 2.24) is 10.2 Å². The second-order valence-electron chi connectivity index (χ2n) is 5.69. The monoisotopic (exact) mass is 268 g/mol. The Morgan fingerprint density at radius 3 is 2.68 bits per heavy atom. The fourth-order valence-electron chi connectivity index (χ4n) is 2.79. The molecule has 2 fully saturated rings. The lowest BCUT2D eigenvalue weighted by molar-refractivity contribution is -0.136. The van der Waals surface area contributed by atoms with Crippen molar-refractivity contribution in [3.05, 3.63) is 0 Å². The minimum atomic E-state index is 0.00158. The van der Waals surface area contributed by atoms with Crippen LogP contribution in [-0.2, 0) is 14.3 Å². The van der Waals surface area contributed by atoms with E-state index in [4.69, 9.17) is 4.74 Å². The molecular weight excluding hydrogens is 244 g/mol. The largest absolute Gasteiger partial charge is 0.381 e. The number of ether oxygens (including phenoxy) is 1. The van der Waals surface area contributed by atoms with Crippen molar-refractivity contribution in [3.8, 4) is 0 Å². The van der Waals surface area contributed by atoms with Crippen LogP contribution >= 0.6 is 0 Å². The Bertz CT molecular complexity index is 327. The molecule has 19 heavy (non-hydrogen) atoms. The quantitative estimate of drug-likeness (QED) is 0.823. The molecule has 108 valence electrons. The molecule has 0 aromatic heterocycles. The Labute approximate surface area is 114 Å². The number of carbonyl (C=O) groups is 2. The Balaban J connectivity index is 1.71. The highest BCUT2D eigenvalue weighted by Gasteiger charge is 2.24. The van der Waals surface area contributed by atoms with Gasteiger partial charge in [0.25, 0.3) is 0 Å². The predicted molar refractivity (Wildman–Crippen MR) is 71.5 cm³/mol. The van der Waals surface area contributed by atoms with Crippen LogP contribution in [-0.4, -0.2) is 49.6 Å². The zero-order valence-corrected chi connectivity index (χ0v) is 11.7. The van der Waals surface area contributed by atoms with Crippen molar-refractivity contribution >= 4 is 11.8 Å². The van der Waals surface area contributed by atoms with Gasteiger partial charge in [-0.1, -0.05) is 6.92 Å². The van der Waals surface area contributed by atoms with E-state index in [-0.39, 0.29) is 24.3 Å². The summed E-state index contributed by atoms with van der Waals surface area (Å²) in [6, 6.07) is 0. The summed E-state index contributed by atoms with van der Waals surface area (Å²) in [5.74, 6) is 0.638. The summed E-state index contributed by atoms with van der Waals surface area (Å²) in [5, 5.41) is 2.78. The van der Waals surface area contributed by atoms with Crippen LogP contribution in [0.5, 0.6) is 0 Å². The van der Waals surface area contributed by atoms with Gasteiger partial charge in [-0.3, -0.25) is 9.59 Å².